The zero-order chi connectivity index (χ0) is 19.3. The normalized spacial score (nSPS) is 17.7. The molecule has 0 aliphatic carbocycles. The van der Waals surface area contributed by atoms with Crippen molar-refractivity contribution < 1.29 is 4.79 Å². The van der Waals surface area contributed by atoms with Gasteiger partial charge < -0.3 is 5.32 Å². The highest BCUT2D eigenvalue weighted by Gasteiger charge is 2.22. The summed E-state index contributed by atoms with van der Waals surface area (Å²) < 4.78 is 0. The van der Waals surface area contributed by atoms with Gasteiger partial charge >= 0.3 is 0 Å². The first-order valence-electron chi connectivity index (χ1n) is 9.51. The van der Waals surface area contributed by atoms with E-state index in [0.29, 0.717) is 18.2 Å². The third kappa shape index (κ3) is 4.34. The number of piperidine rings is 1. The van der Waals surface area contributed by atoms with E-state index in [4.69, 9.17) is 0 Å². The number of hydrogen-bond donors (Lipinski definition) is 2. The molecule has 28 heavy (non-hydrogen) atoms. The Morgan fingerprint density at radius 2 is 2.14 bits per heavy atom. The van der Waals surface area contributed by atoms with Crippen LogP contribution in [0.1, 0.15) is 28.9 Å². The third-order valence-corrected chi connectivity index (χ3v) is 5.69. The molecule has 0 bridgehead atoms. The van der Waals surface area contributed by atoms with Crippen molar-refractivity contribution >= 4 is 28.6 Å². The quantitative estimate of drug-likeness (QED) is 0.492. The van der Waals surface area contributed by atoms with Gasteiger partial charge in [-0.2, -0.15) is 5.10 Å². The van der Waals surface area contributed by atoms with Crippen molar-refractivity contribution in [2.45, 2.75) is 24.5 Å². The minimum absolute atomic E-state index is 0.115. The fourth-order valence-electron chi connectivity index (χ4n) is 3.71. The van der Waals surface area contributed by atoms with E-state index in [1.54, 1.807) is 11.8 Å². The summed E-state index contributed by atoms with van der Waals surface area (Å²) in [6.07, 6.45) is 8.06. The van der Waals surface area contributed by atoms with E-state index in [1.807, 2.05) is 42.9 Å². The van der Waals surface area contributed by atoms with Crippen molar-refractivity contribution in [1.82, 2.24) is 30.4 Å². The van der Waals surface area contributed by atoms with Crippen LogP contribution in [0.15, 0.2) is 41.8 Å². The number of fused-ring (bicyclic) bond motifs is 1. The van der Waals surface area contributed by atoms with Crippen LogP contribution in [0, 0.1) is 5.92 Å². The van der Waals surface area contributed by atoms with Crippen LogP contribution in [0.4, 0.5) is 0 Å². The van der Waals surface area contributed by atoms with E-state index in [0.717, 1.165) is 54.1 Å². The SMILES string of the molecule is CSc1ncc(CN2CCC[C@@H](CNC(=O)c3n[nH]c4ccccc34)C2)cn1. The van der Waals surface area contributed by atoms with Gasteiger partial charge in [-0.15, -0.1) is 0 Å². The number of carbonyl (C=O) groups excluding carboxylic acids is 1. The number of nitrogens with zero attached hydrogens (tertiary/aromatic N) is 4. The Hall–Kier alpha value is -2.45. The summed E-state index contributed by atoms with van der Waals surface area (Å²) in [5, 5.41) is 11.8. The van der Waals surface area contributed by atoms with Gasteiger partial charge in [0.25, 0.3) is 5.91 Å². The highest BCUT2D eigenvalue weighted by atomic mass is 32.2. The summed E-state index contributed by atoms with van der Waals surface area (Å²) in [4.78, 5) is 23.7. The lowest BCUT2D eigenvalue weighted by molar-refractivity contribution is 0.0927. The summed E-state index contributed by atoms with van der Waals surface area (Å²) in [7, 11) is 0. The molecule has 146 valence electrons. The monoisotopic (exact) mass is 396 g/mol. The molecule has 1 atom stereocenters. The minimum atomic E-state index is -0.115. The molecule has 8 heteroatoms. The standard InChI is InChI=1S/C20H24N6OS/c1-28-20-22-10-15(11-23-20)13-26-8-4-5-14(12-26)9-21-19(27)18-16-6-2-3-7-17(16)24-25-18/h2-3,6-7,10-11,14H,4-5,8-9,12-13H2,1H3,(H,21,27)(H,24,25)/t14-/m0/s1. The van der Waals surface area contributed by atoms with E-state index >= 15 is 0 Å². The van der Waals surface area contributed by atoms with Crippen LogP contribution in [-0.2, 0) is 6.54 Å². The fourth-order valence-corrected chi connectivity index (χ4v) is 4.02. The number of carbonyl (C=O) groups is 1. The van der Waals surface area contributed by atoms with Crippen molar-refractivity contribution in [3.8, 4) is 0 Å². The third-order valence-electron chi connectivity index (χ3n) is 5.11. The minimum Gasteiger partial charge on any atom is -0.350 e. The number of aromatic amines is 1. The second-order valence-electron chi connectivity index (χ2n) is 7.15. The van der Waals surface area contributed by atoms with E-state index in [1.165, 1.54) is 0 Å². The Kier molecular flexibility index (Phi) is 5.87. The molecule has 1 aromatic carbocycles. The first-order valence-corrected chi connectivity index (χ1v) is 10.7. The number of aromatic nitrogens is 4. The first-order chi connectivity index (χ1) is 13.7. The second-order valence-corrected chi connectivity index (χ2v) is 7.92. The molecule has 0 radical (unpaired) electrons. The zero-order valence-electron chi connectivity index (χ0n) is 15.9. The number of H-pyrrole nitrogens is 1. The molecule has 0 saturated carbocycles. The average molecular weight is 397 g/mol. The molecule has 1 fully saturated rings. The Balaban J connectivity index is 1.31. The number of thioether (sulfide) groups is 1. The summed E-state index contributed by atoms with van der Waals surface area (Å²) in [6, 6.07) is 7.69. The molecule has 4 rings (SSSR count). The average Bonchev–Trinajstić information content (AvgIpc) is 3.17. The lowest BCUT2D eigenvalue weighted by Gasteiger charge is -2.32. The van der Waals surface area contributed by atoms with Crippen molar-refractivity contribution in [2.75, 3.05) is 25.9 Å². The highest BCUT2D eigenvalue weighted by Crippen LogP contribution is 2.19. The summed E-state index contributed by atoms with van der Waals surface area (Å²) in [6.45, 7) is 3.55. The number of benzene rings is 1. The van der Waals surface area contributed by atoms with Gasteiger partial charge in [0.15, 0.2) is 10.9 Å². The second kappa shape index (κ2) is 8.70. The van der Waals surface area contributed by atoms with Gasteiger partial charge in [-0.25, -0.2) is 9.97 Å². The van der Waals surface area contributed by atoms with Gasteiger partial charge in [0.05, 0.1) is 5.52 Å². The predicted octanol–water partition coefficient (Wildman–Crippen LogP) is 2.72. The van der Waals surface area contributed by atoms with Gasteiger partial charge in [0.2, 0.25) is 0 Å². The molecule has 1 aliphatic heterocycles. The molecule has 3 aromatic rings. The Labute approximate surface area is 168 Å². The smallest absolute Gasteiger partial charge is 0.272 e. The molecule has 1 aliphatic rings. The number of rotatable bonds is 6. The number of likely N-dealkylation sites (tertiary alicyclic amines) is 1. The van der Waals surface area contributed by atoms with E-state index in [9.17, 15) is 4.79 Å². The number of para-hydroxylation sites is 1. The maximum Gasteiger partial charge on any atom is 0.272 e. The summed E-state index contributed by atoms with van der Waals surface area (Å²) in [5.41, 5.74) is 2.48. The number of hydrogen-bond acceptors (Lipinski definition) is 6. The van der Waals surface area contributed by atoms with Crippen molar-refractivity contribution in [3.05, 3.63) is 47.9 Å². The maximum atomic E-state index is 12.6. The van der Waals surface area contributed by atoms with Crippen LogP contribution < -0.4 is 5.32 Å². The topological polar surface area (TPSA) is 86.8 Å². The molecule has 3 heterocycles. The van der Waals surface area contributed by atoms with Crippen molar-refractivity contribution in [1.29, 1.82) is 0 Å². The maximum absolute atomic E-state index is 12.6. The lowest BCUT2D eigenvalue weighted by Crippen LogP contribution is -2.40. The zero-order valence-corrected chi connectivity index (χ0v) is 16.7. The van der Waals surface area contributed by atoms with Crippen LogP contribution in [0.25, 0.3) is 10.9 Å². The number of nitrogens with one attached hydrogen (secondary N) is 2. The lowest BCUT2D eigenvalue weighted by atomic mass is 9.97. The van der Waals surface area contributed by atoms with Crippen LogP contribution in [0.2, 0.25) is 0 Å². The van der Waals surface area contributed by atoms with E-state index < -0.39 is 0 Å². The fraction of sp³-hybridized carbons (Fsp3) is 0.400. The van der Waals surface area contributed by atoms with Gasteiger partial charge in [0, 0.05) is 43.0 Å². The van der Waals surface area contributed by atoms with Gasteiger partial charge in [-0.1, -0.05) is 30.0 Å². The van der Waals surface area contributed by atoms with Crippen LogP contribution >= 0.6 is 11.8 Å². The van der Waals surface area contributed by atoms with Gasteiger partial charge in [0.1, 0.15) is 0 Å². The van der Waals surface area contributed by atoms with Crippen LogP contribution in [0.5, 0.6) is 0 Å². The molecule has 0 unspecified atom stereocenters. The van der Waals surface area contributed by atoms with Crippen molar-refractivity contribution in [2.24, 2.45) is 5.92 Å². The molecule has 1 amide bonds. The predicted molar refractivity (Wildman–Crippen MR) is 110 cm³/mol. The highest BCUT2D eigenvalue weighted by molar-refractivity contribution is 7.98. The molecular weight excluding hydrogens is 372 g/mol. The van der Waals surface area contributed by atoms with Crippen molar-refractivity contribution in [3.63, 3.8) is 0 Å². The first kappa shape index (κ1) is 18.9. The molecule has 0 spiro atoms. The Bertz CT molecular complexity index is 941. The van der Waals surface area contributed by atoms with E-state index in [-0.39, 0.29) is 5.91 Å². The van der Waals surface area contributed by atoms with Gasteiger partial charge in [-0.3, -0.25) is 14.8 Å². The number of amides is 1. The Morgan fingerprint density at radius 1 is 1.32 bits per heavy atom. The molecule has 2 N–H and O–H groups in total. The largest absolute Gasteiger partial charge is 0.350 e. The molecular formula is C20H24N6OS. The molecule has 2 aromatic heterocycles. The van der Waals surface area contributed by atoms with E-state index in [2.05, 4.69) is 30.4 Å². The van der Waals surface area contributed by atoms with Crippen LogP contribution in [-0.4, -0.2) is 56.9 Å². The molecule has 1 saturated heterocycles. The Morgan fingerprint density at radius 3 is 2.96 bits per heavy atom. The molecule has 7 nitrogen and oxygen atoms in total. The van der Waals surface area contributed by atoms with Gasteiger partial charge in [-0.05, 0) is 37.6 Å². The summed E-state index contributed by atoms with van der Waals surface area (Å²) >= 11 is 1.55. The van der Waals surface area contributed by atoms with Crippen LogP contribution in [0.3, 0.4) is 0 Å². The summed E-state index contributed by atoms with van der Waals surface area (Å²) in [5.74, 6) is 0.324.